The molecule has 0 saturated carbocycles. The maximum absolute atomic E-state index is 4.57. The molecule has 4 heteroatoms. The molecule has 3 heterocycles. The van der Waals surface area contributed by atoms with E-state index in [1.165, 1.54) is 42.4 Å². The van der Waals surface area contributed by atoms with Crippen LogP contribution in [-0.2, 0) is 0 Å². The summed E-state index contributed by atoms with van der Waals surface area (Å²) < 4.78 is 3.40. The third-order valence-corrected chi connectivity index (χ3v) is 4.64. The second-order valence-corrected chi connectivity index (χ2v) is 6.49. The van der Waals surface area contributed by atoms with Crippen LogP contribution in [0, 0.1) is 13.8 Å². The van der Waals surface area contributed by atoms with Gasteiger partial charge in [0.1, 0.15) is 4.60 Å². The third-order valence-electron chi connectivity index (χ3n) is 4.23. The van der Waals surface area contributed by atoms with Gasteiger partial charge in [0.2, 0.25) is 0 Å². The zero-order valence-electron chi connectivity index (χ0n) is 11.8. The van der Waals surface area contributed by atoms with E-state index in [9.17, 15) is 0 Å². The maximum atomic E-state index is 4.57. The number of hydrogen-bond acceptors (Lipinski definition) is 2. The molecule has 0 aliphatic carbocycles. The monoisotopic (exact) mass is 321 g/mol. The van der Waals surface area contributed by atoms with Gasteiger partial charge in [0.15, 0.2) is 0 Å². The molecule has 0 atom stereocenters. The van der Waals surface area contributed by atoms with Crippen molar-refractivity contribution in [1.29, 1.82) is 0 Å². The van der Waals surface area contributed by atoms with E-state index in [2.05, 4.69) is 63.5 Å². The first-order chi connectivity index (χ1) is 9.06. The minimum absolute atomic E-state index is 0.620. The van der Waals surface area contributed by atoms with Crippen molar-refractivity contribution in [2.24, 2.45) is 0 Å². The van der Waals surface area contributed by atoms with Crippen LogP contribution >= 0.6 is 15.9 Å². The summed E-state index contributed by atoms with van der Waals surface area (Å²) in [5.41, 5.74) is 3.78. The van der Waals surface area contributed by atoms with Crippen LogP contribution < -0.4 is 0 Å². The Morgan fingerprint density at radius 2 is 1.95 bits per heavy atom. The Kier molecular flexibility index (Phi) is 3.39. The second-order valence-electron chi connectivity index (χ2n) is 5.68. The van der Waals surface area contributed by atoms with Gasteiger partial charge in [-0.2, -0.15) is 0 Å². The molecule has 19 heavy (non-hydrogen) atoms. The lowest BCUT2D eigenvalue weighted by Gasteiger charge is -2.30. The van der Waals surface area contributed by atoms with E-state index in [0.29, 0.717) is 6.04 Å². The fourth-order valence-electron chi connectivity index (χ4n) is 3.16. The van der Waals surface area contributed by atoms with Gasteiger partial charge in [-0.15, -0.1) is 0 Å². The quantitative estimate of drug-likeness (QED) is 0.747. The predicted molar refractivity (Wildman–Crippen MR) is 82.7 cm³/mol. The SMILES string of the molecule is Cc1cn(C2CCN(C)CC2)c2c(C)nc(Br)cc12. The average Bonchev–Trinajstić information content (AvgIpc) is 2.68. The van der Waals surface area contributed by atoms with Gasteiger partial charge in [-0.1, -0.05) is 0 Å². The van der Waals surface area contributed by atoms with Crippen molar-refractivity contribution in [3.05, 3.63) is 28.1 Å². The van der Waals surface area contributed by atoms with E-state index < -0.39 is 0 Å². The summed E-state index contributed by atoms with van der Waals surface area (Å²) in [6.45, 7) is 6.68. The Balaban J connectivity index is 2.09. The number of fused-ring (bicyclic) bond motifs is 1. The molecule has 0 unspecified atom stereocenters. The first-order valence-electron chi connectivity index (χ1n) is 6.89. The summed E-state index contributed by atoms with van der Waals surface area (Å²) in [5, 5.41) is 1.33. The fraction of sp³-hybridized carbons (Fsp3) is 0.533. The van der Waals surface area contributed by atoms with Crippen molar-refractivity contribution in [2.75, 3.05) is 20.1 Å². The Morgan fingerprint density at radius 3 is 2.63 bits per heavy atom. The molecule has 3 nitrogen and oxygen atoms in total. The van der Waals surface area contributed by atoms with E-state index in [-0.39, 0.29) is 0 Å². The molecule has 0 N–H and O–H groups in total. The topological polar surface area (TPSA) is 21.1 Å². The molecule has 3 rings (SSSR count). The molecule has 1 saturated heterocycles. The zero-order valence-corrected chi connectivity index (χ0v) is 13.4. The summed E-state index contributed by atoms with van der Waals surface area (Å²) in [4.78, 5) is 6.98. The highest BCUT2D eigenvalue weighted by atomic mass is 79.9. The molecule has 0 spiro atoms. The smallest absolute Gasteiger partial charge is 0.107 e. The maximum Gasteiger partial charge on any atom is 0.107 e. The highest BCUT2D eigenvalue weighted by molar-refractivity contribution is 9.10. The largest absolute Gasteiger partial charge is 0.343 e. The molecule has 0 aromatic carbocycles. The Morgan fingerprint density at radius 1 is 1.26 bits per heavy atom. The lowest BCUT2D eigenvalue weighted by atomic mass is 10.1. The highest BCUT2D eigenvalue weighted by Crippen LogP contribution is 2.32. The van der Waals surface area contributed by atoms with Crippen molar-refractivity contribution in [1.82, 2.24) is 14.5 Å². The van der Waals surface area contributed by atoms with Crippen LogP contribution in [0.2, 0.25) is 0 Å². The van der Waals surface area contributed by atoms with Gasteiger partial charge in [0.05, 0.1) is 11.2 Å². The first-order valence-corrected chi connectivity index (χ1v) is 7.68. The number of pyridine rings is 1. The highest BCUT2D eigenvalue weighted by Gasteiger charge is 2.21. The van der Waals surface area contributed by atoms with Crippen molar-refractivity contribution in [2.45, 2.75) is 32.7 Å². The van der Waals surface area contributed by atoms with Crippen molar-refractivity contribution in [3.8, 4) is 0 Å². The molecular formula is C15H20BrN3. The predicted octanol–water partition coefficient (Wildman–Crippen LogP) is 3.68. The second kappa shape index (κ2) is 4.91. The van der Waals surface area contributed by atoms with E-state index in [0.717, 1.165) is 10.3 Å². The van der Waals surface area contributed by atoms with Crippen LogP contribution in [0.5, 0.6) is 0 Å². The third kappa shape index (κ3) is 2.32. The number of likely N-dealkylation sites (tertiary alicyclic amines) is 1. The van der Waals surface area contributed by atoms with Crippen LogP contribution in [0.1, 0.15) is 30.1 Å². The zero-order chi connectivity index (χ0) is 13.6. The van der Waals surface area contributed by atoms with E-state index in [4.69, 9.17) is 0 Å². The van der Waals surface area contributed by atoms with Gasteiger partial charge < -0.3 is 9.47 Å². The molecule has 1 fully saturated rings. The molecule has 1 aliphatic rings. The summed E-state index contributed by atoms with van der Waals surface area (Å²) in [6, 6.07) is 2.76. The lowest BCUT2D eigenvalue weighted by molar-refractivity contribution is 0.224. The number of piperidine rings is 1. The fourth-order valence-corrected chi connectivity index (χ4v) is 3.65. The summed E-state index contributed by atoms with van der Waals surface area (Å²) in [5.74, 6) is 0. The first kappa shape index (κ1) is 13.1. The molecule has 0 bridgehead atoms. The van der Waals surface area contributed by atoms with Crippen LogP contribution in [0.3, 0.4) is 0 Å². The summed E-state index contributed by atoms with van der Waals surface area (Å²) >= 11 is 3.50. The Hall–Kier alpha value is -0.870. The minimum atomic E-state index is 0.620. The number of aromatic nitrogens is 2. The van der Waals surface area contributed by atoms with Crippen LogP contribution in [0.4, 0.5) is 0 Å². The minimum Gasteiger partial charge on any atom is -0.343 e. The van der Waals surface area contributed by atoms with E-state index >= 15 is 0 Å². The summed E-state index contributed by atoms with van der Waals surface area (Å²) in [7, 11) is 2.21. The molecule has 2 aromatic heterocycles. The van der Waals surface area contributed by atoms with E-state index in [1.807, 2.05) is 0 Å². The standard InChI is InChI=1S/C15H20BrN3/c1-10-9-19(12-4-6-18(3)7-5-12)15-11(2)17-14(16)8-13(10)15/h8-9,12H,4-7H2,1-3H3. The van der Waals surface area contributed by atoms with Gasteiger partial charge in [-0.25, -0.2) is 4.98 Å². The number of aryl methyl sites for hydroxylation is 2. The van der Waals surface area contributed by atoms with Crippen LogP contribution in [0.15, 0.2) is 16.9 Å². The van der Waals surface area contributed by atoms with Crippen molar-refractivity contribution >= 4 is 26.8 Å². The van der Waals surface area contributed by atoms with E-state index in [1.54, 1.807) is 0 Å². The lowest BCUT2D eigenvalue weighted by Crippen LogP contribution is -2.31. The number of nitrogens with zero attached hydrogens (tertiary/aromatic N) is 3. The number of hydrogen-bond donors (Lipinski definition) is 0. The molecule has 1 aliphatic heterocycles. The number of halogens is 1. The van der Waals surface area contributed by atoms with Gasteiger partial charge in [0.25, 0.3) is 0 Å². The molecule has 2 aromatic rings. The molecule has 0 amide bonds. The Bertz CT molecular complexity index is 609. The molecule has 102 valence electrons. The van der Waals surface area contributed by atoms with Crippen LogP contribution in [0.25, 0.3) is 10.9 Å². The average molecular weight is 322 g/mol. The van der Waals surface area contributed by atoms with Gasteiger partial charge in [-0.05, 0) is 74.4 Å². The van der Waals surface area contributed by atoms with Gasteiger partial charge in [0, 0.05) is 17.6 Å². The summed E-state index contributed by atoms with van der Waals surface area (Å²) in [6.07, 6.45) is 4.77. The number of rotatable bonds is 1. The van der Waals surface area contributed by atoms with Crippen molar-refractivity contribution < 1.29 is 0 Å². The normalized spacial score (nSPS) is 18.3. The van der Waals surface area contributed by atoms with Crippen molar-refractivity contribution in [3.63, 3.8) is 0 Å². The van der Waals surface area contributed by atoms with Crippen LogP contribution in [-0.4, -0.2) is 34.6 Å². The Labute approximate surface area is 122 Å². The molecular weight excluding hydrogens is 302 g/mol. The van der Waals surface area contributed by atoms with Gasteiger partial charge >= 0.3 is 0 Å². The molecule has 0 radical (unpaired) electrons. The van der Waals surface area contributed by atoms with Gasteiger partial charge in [-0.3, -0.25) is 0 Å².